The van der Waals surface area contributed by atoms with Gasteiger partial charge in [-0.1, -0.05) is 30.3 Å². The van der Waals surface area contributed by atoms with Gasteiger partial charge in [-0.15, -0.1) is 0 Å². The first kappa shape index (κ1) is 27.1. The predicted octanol–water partition coefficient (Wildman–Crippen LogP) is 0.315. The molecule has 0 bridgehead atoms. The SMILES string of the molecule is COC(=O)CS(=O)(=O)NC(Cc1ccccc1)C(=O)N1CCC[C@H]1C(=O)NCC1CCC(N)CC1. The van der Waals surface area contributed by atoms with E-state index >= 15 is 0 Å². The largest absolute Gasteiger partial charge is 0.468 e. The van der Waals surface area contributed by atoms with Gasteiger partial charge in [0.1, 0.15) is 12.1 Å². The first-order chi connectivity index (χ1) is 16.7. The number of hydrogen-bond donors (Lipinski definition) is 3. The number of sulfonamides is 1. The van der Waals surface area contributed by atoms with Crippen LogP contribution in [-0.4, -0.2) is 75.2 Å². The number of hydrogen-bond acceptors (Lipinski definition) is 7. The Morgan fingerprint density at radius 3 is 2.46 bits per heavy atom. The van der Waals surface area contributed by atoms with Crippen molar-refractivity contribution >= 4 is 27.8 Å². The number of methoxy groups -OCH3 is 1. The second-order valence-corrected chi connectivity index (χ2v) is 11.2. The smallest absolute Gasteiger partial charge is 0.322 e. The molecule has 0 spiro atoms. The molecule has 0 aromatic heterocycles. The van der Waals surface area contributed by atoms with E-state index < -0.39 is 39.7 Å². The number of carbonyl (C=O) groups excluding carboxylic acids is 3. The van der Waals surface area contributed by atoms with Crippen LogP contribution in [0.2, 0.25) is 0 Å². The van der Waals surface area contributed by atoms with Crippen molar-refractivity contribution in [1.82, 2.24) is 14.9 Å². The summed E-state index contributed by atoms with van der Waals surface area (Å²) in [5.41, 5.74) is 6.71. The van der Waals surface area contributed by atoms with Gasteiger partial charge in [0.05, 0.1) is 7.11 Å². The molecule has 2 fully saturated rings. The first-order valence-electron chi connectivity index (χ1n) is 12.1. The number of carbonyl (C=O) groups is 3. The number of benzene rings is 1. The predicted molar refractivity (Wildman–Crippen MR) is 131 cm³/mol. The highest BCUT2D eigenvalue weighted by molar-refractivity contribution is 7.90. The normalized spacial score (nSPS) is 23.5. The van der Waals surface area contributed by atoms with Crippen molar-refractivity contribution in [3.05, 3.63) is 35.9 Å². The quantitative estimate of drug-likeness (QED) is 0.385. The van der Waals surface area contributed by atoms with Gasteiger partial charge in [-0.25, -0.2) is 13.1 Å². The number of nitrogens with two attached hydrogens (primary N) is 1. The molecule has 11 heteroatoms. The van der Waals surface area contributed by atoms with Gasteiger partial charge in [-0.2, -0.15) is 0 Å². The summed E-state index contributed by atoms with van der Waals surface area (Å²) in [7, 11) is -3.04. The summed E-state index contributed by atoms with van der Waals surface area (Å²) in [5, 5.41) is 2.99. The fraction of sp³-hybridized carbons (Fsp3) is 0.625. The zero-order valence-electron chi connectivity index (χ0n) is 20.1. The van der Waals surface area contributed by atoms with Crippen LogP contribution >= 0.6 is 0 Å². The molecular weight excluding hydrogens is 472 g/mol. The third-order valence-corrected chi connectivity index (χ3v) is 7.99. The van der Waals surface area contributed by atoms with Gasteiger partial charge >= 0.3 is 5.97 Å². The molecule has 1 saturated carbocycles. The average Bonchev–Trinajstić information content (AvgIpc) is 3.33. The average molecular weight is 509 g/mol. The molecule has 3 rings (SSSR count). The number of ether oxygens (including phenoxy) is 1. The zero-order valence-corrected chi connectivity index (χ0v) is 21.0. The Balaban J connectivity index is 1.69. The molecule has 1 heterocycles. The molecule has 4 N–H and O–H groups in total. The van der Waals surface area contributed by atoms with Crippen LogP contribution in [0, 0.1) is 5.92 Å². The van der Waals surface area contributed by atoms with Gasteiger partial charge in [0.25, 0.3) is 0 Å². The van der Waals surface area contributed by atoms with E-state index in [1.54, 1.807) is 24.3 Å². The Morgan fingerprint density at radius 2 is 1.80 bits per heavy atom. The van der Waals surface area contributed by atoms with Crippen LogP contribution in [0.3, 0.4) is 0 Å². The summed E-state index contributed by atoms with van der Waals surface area (Å²) < 4.78 is 32.0. The van der Waals surface area contributed by atoms with Gasteiger partial charge in [-0.3, -0.25) is 14.4 Å². The Labute approximate surface area is 207 Å². The van der Waals surface area contributed by atoms with E-state index in [0.29, 0.717) is 31.8 Å². The van der Waals surface area contributed by atoms with E-state index in [4.69, 9.17) is 5.73 Å². The van der Waals surface area contributed by atoms with Gasteiger partial charge < -0.3 is 20.7 Å². The molecule has 10 nitrogen and oxygen atoms in total. The number of amides is 2. The maximum Gasteiger partial charge on any atom is 0.322 e. The lowest BCUT2D eigenvalue weighted by Crippen LogP contribution is -2.55. The maximum absolute atomic E-state index is 13.5. The molecule has 1 aliphatic heterocycles. The molecule has 2 aliphatic rings. The molecule has 0 radical (unpaired) electrons. The lowest BCUT2D eigenvalue weighted by molar-refractivity contribution is -0.139. The molecular formula is C24H36N4O6S. The fourth-order valence-electron chi connectivity index (χ4n) is 4.76. The second-order valence-electron chi connectivity index (χ2n) is 9.41. The second kappa shape index (κ2) is 12.5. The fourth-order valence-corrected chi connectivity index (χ4v) is 5.89. The molecule has 35 heavy (non-hydrogen) atoms. The van der Waals surface area contributed by atoms with E-state index in [9.17, 15) is 22.8 Å². The summed E-state index contributed by atoms with van der Waals surface area (Å²) in [5.74, 6) is -2.15. The molecule has 1 saturated heterocycles. The van der Waals surface area contributed by atoms with Crippen LogP contribution in [0.1, 0.15) is 44.1 Å². The van der Waals surface area contributed by atoms with Gasteiger partial charge in [0.2, 0.25) is 21.8 Å². The van der Waals surface area contributed by atoms with E-state index in [-0.39, 0.29) is 18.4 Å². The molecule has 1 aromatic rings. The molecule has 1 aromatic carbocycles. The van der Waals surface area contributed by atoms with E-state index in [2.05, 4.69) is 14.8 Å². The Kier molecular flexibility index (Phi) is 9.64. The van der Waals surface area contributed by atoms with Crippen molar-refractivity contribution in [2.45, 2.75) is 63.1 Å². The summed E-state index contributed by atoms with van der Waals surface area (Å²) in [6, 6.07) is 7.42. The van der Waals surface area contributed by atoms with Crippen molar-refractivity contribution in [1.29, 1.82) is 0 Å². The Bertz CT molecular complexity index is 979. The minimum absolute atomic E-state index is 0.0905. The molecule has 1 unspecified atom stereocenters. The molecule has 2 atom stereocenters. The summed E-state index contributed by atoms with van der Waals surface area (Å²) in [6.45, 7) is 0.905. The number of rotatable bonds is 10. The number of nitrogens with zero attached hydrogens (tertiary/aromatic N) is 1. The van der Waals surface area contributed by atoms with E-state index in [0.717, 1.165) is 38.4 Å². The van der Waals surface area contributed by atoms with Crippen LogP contribution in [-0.2, 0) is 35.6 Å². The van der Waals surface area contributed by atoms with Crippen molar-refractivity contribution in [3.8, 4) is 0 Å². The third-order valence-electron chi connectivity index (χ3n) is 6.73. The van der Waals surface area contributed by atoms with Crippen molar-refractivity contribution < 1.29 is 27.5 Å². The van der Waals surface area contributed by atoms with Crippen LogP contribution in [0.25, 0.3) is 0 Å². The molecule has 2 amide bonds. The lowest BCUT2D eigenvalue weighted by atomic mass is 9.86. The van der Waals surface area contributed by atoms with Crippen molar-refractivity contribution in [3.63, 3.8) is 0 Å². The maximum atomic E-state index is 13.5. The minimum atomic E-state index is -4.14. The minimum Gasteiger partial charge on any atom is -0.468 e. The van der Waals surface area contributed by atoms with Gasteiger partial charge in [0.15, 0.2) is 5.75 Å². The van der Waals surface area contributed by atoms with Crippen LogP contribution in [0.15, 0.2) is 30.3 Å². The van der Waals surface area contributed by atoms with E-state index in [1.807, 2.05) is 6.07 Å². The van der Waals surface area contributed by atoms with Gasteiger partial charge in [0, 0.05) is 19.1 Å². The number of nitrogens with one attached hydrogen (secondary N) is 2. The Morgan fingerprint density at radius 1 is 1.11 bits per heavy atom. The third kappa shape index (κ3) is 8.01. The summed E-state index contributed by atoms with van der Waals surface area (Å²) in [4.78, 5) is 39.5. The van der Waals surface area contributed by atoms with Crippen LogP contribution < -0.4 is 15.8 Å². The summed E-state index contributed by atoms with van der Waals surface area (Å²) in [6.07, 6.45) is 5.08. The number of esters is 1. The molecule has 194 valence electrons. The highest BCUT2D eigenvalue weighted by Crippen LogP contribution is 2.23. The monoisotopic (exact) mass is 508 g/mol. The van der Waals surface area contributed by atoms with E-state index in [1.165, 1.54) is 4.90 Å². The Hall–Kier alpha value is -2.50. The lowest BCUT2D eigenvalue weighted by Gasteiger charge is -2.30. The van der Waals surface area contributed by atoms with Crippen LogP contribution in [0.5, 0.6) is 0 Å². The highest BCUT2D eigenvalue weighted by atomic mass is 32.2. The van der Waals surface area contributed by atoms with Crippen molar-refractivity contribution in [2.75, 3.05) is 26.0 Å². The first-order valence-corrected chi connectivity index (χ1v) is 13.8. The van der Waals surface area contributed by atoms with Crippen molar-refractivity contribution in [2.24, 2.45) is 11.7 Å². The standard InChI is InChI=1S/C24H36N4O6S/c1-34-22(29)16-35(32,33)27-20(14-17-6-3-2-4-7-17)24(31)28-13-5-8-21(28)23(30)26-15-18-9-11-19(25)12-10-18/h2-4,6-7,18-21,27H,5,8-16,25H2,1H3,(H,26,30)/t18?,19?,20?,21-/m0/s1. The topological polar surface area (TPSA) is 148 Å². The number of likely N-dealkylation sites (tertiary alicyclic amines) is 1. The van der Waals surface area contributed by atoms with Crippen LogP contribution in [0.4, 0.5) is 0 Å². The zero-order chi connectivity index (χ0) is 25.4. The van der Waals surface area contributed by atoms with Gasteiger partial charge in [-0.05, 0) is 56.4 Å². The molecule has 1 aliphatic carbocycles. The summed E-state index contributed by atoms with van der Waals surface area (Å²) >= 11 is 0. The highest BCUT2D eigenvalue weighted by Gasteiger charge is 2.39.